The zero-order chi connectivity index (χ0) is 19.8. The number of aromatic nitrogens is 1. The molecule has 0 saturated carbocycles. The minimum atomic E-state index is -0.324. The lowest BCUT2D eigenvalue weighted by atomic mass is 10.1. The maximum Gasteiger partial charge on any atom is 0.270 e. The van der Waals surface area contributed by atoms with Crippen molar-refractivity contribution in [3.8, 4) is 11.5 Å². The number of carbonyl (C=O) groups excluding carboxylic acids is 2. The van der Waals surface area contributed by atoms with Gasteiger partial charge in [-0.15, -0.1) is 0 Å². The number of nitrogens with zero attached hydrogens (tertiary/aromatic N) is 1. The van der Waals surface area contributed by atoms with Crippen molar-refractivity contribution in [2.45, 2.75) is 26.3 Å². The van der Waals surface area contributed by atoms with E-state index in [1.807, 2.05) is 32.0 Å². The fourth-order valence-corrected chi connectivity index (χ4v) is 2.47. The van der Waals surface area contributed by atoms with Crippen molar-refractivity contribution in [3.63, 3.8) is 0 Å². The SMILES string of the molecule is COc1ccc(CCNC(=O)c2cccc(C(=O)NC(C)C)n2)cc1OC. The van der Waals surface area contributed by atoms with Gasteiger partial charge >= 0.3 is 0 Å². The summed E-state index contributed by atoms with van der Waals surface area (Å²) in [5.74, 6) is 0.678. The van der Waals surface area contributed by atoms with Crippen molar-refractivity contribution < 1.29 is 19.1 Å². The van der Waals surface area contributed by atoms with Gasteiger partial charge in [0.05, 0.1) is 14.2 Å². The molecule has 144 valence electrons. The molecule has 0 fully saturated rings. The molecule has 0 aliphatic heterocycles. The van der Waals surface area contributed by atoms with Crippen molar-refractivity contribution in [2.24, 2.45) is 0 Å². The maximum atomic E-state index is 12.3. The Morgan fingerprint density at radius 1 is 1.00 bits per heavy atom. The van der Waals surface area contributed by atoms with Crippen LogP contribution in [0.15, 0.2) is 36.4 Å². The first-order valence-electron chi connectivity index (χ1n) is 8.71. The van der Waals surface area contributed by atoms with Crippen LogP contribution >= 0.6 is 0 Å². The number of hydrogen-bond donors (Lipinski definition) is 2. The molecule has 1 heterocycles. The number of ether oxygens (including phenoxy) is 2. The normalized spacial score (nSPS) is 10.4. The van der Waals surface area contributed by atoms with E-state index in [2.05, 4.69) is 15.6 Å². The second-order valence-electron chi connectivity index (χ2n) is 6.23. The van der Waals surface area contributed by atoms with E-state index in [1.54, 1.807) is 32.4 Å². The number of amides is 2. The number of pyridine rings is 1. The van der Waals surface area contributed by atoms with Crippen LogP contribution in [0.25, 0.3) is 0 Å². The van der Waals surface area contributed by atoms with Crippen molar-refractivity contribution in [2.75, 3.05) is 20.8 Å². The molecular weight excluding hydrogens is 346 g/mol. The molecule has 2 amide bonds. The number of benzene rings is 1. The number of hydrogen-bond acceptors (Lipinski definition) is 5. The first-order chi connectivity index (χ1) is 12.9. The summed E-state index contributed by atoms with van der Waals surface area (Å²) < 4.78 is 10.5. The van der Waals surface area contributed by atoms with Gasteiger partial charge < -0.3 is 20.1 Å². The van der Waals surface area contributed by atoms with Gasteiger partial charge in [-0.25, -0.2) is 4.98 Å². The van der Waals surface area contributed by atoms with Crippen LogP contribution in [-0.4, -0.2) is 43.6 Å². The van der Waals surface area contributed by atoms with E-state index in [0.29, 0.717) is 24.5 Å². The highest BCUT2D eigenvalue weighted by atomic mass is 16.5. The van der Waals surface area contributed by atoms with E-state index in [9.17, 15) is 9.59 Å². The summed E-state index contributed by atoms with van der Waals surface area (Å²) in [7, 11) is 3.16. The van der Waals surface area contributed by atoms with Gasteiger partial charge in [-0.1, -0.05) is 12.1 Å². The Labute approximate surface area is 159 Å². The largest absolute Gasteiger partial charge is 0.493 e. The first-order valence-corrected chi connectivity index (χ1v) is 8.71. The second kappa shape index (κ2) is 9.56. The van der Waals surface area contributed by atoms with Crippen LogP contribution < -0.4 is 20.1 Å². The third kappa shape index (κ3) is 5.70. The van der Waals surface area contributed by atoms with Gasteiger partial charge in [0.2, 0.25) is 0 Å². The summed E-state index contributed by atoms with van der Waals surface area (Å²) in [6.07, 6.45) is 0.625. The first kappa shape index (κ1) is 20.2. The van der Waals surface area contributed by atoms with Crippen molar-refractivity contribution in [1.82, 2.24) is 15.6 Å². The zero-order valence-corrected chi connectivity index (χ0v) is 16.0. The highest BCUT2D eigenvalue weighted by Gasteiger charge is 2.13. The highest BCUT2D eigenvalue weighted by molar-refractivity contribution is 5.96. The van der Waals surface area contributed by atoms with E-state index < -0.39 is 0 Å². The molecule has 1 aromatic carbocycles. The molecule has 7 nitrogen and oxygen atoms in total. The van der Waals surface area contributed by atoms with Crippen LogP contribution in [0.4, 0.5) is 0 Å². The van der Waals surface area contributed by atoms with E-state index in [4.69, 9.17) is 9.47 Å². The molecule has 0 atom stereocenters. The Balaban J connectivity index is 1.95. The summed E-state index contributed by atoms with van der Waals surface area (Å²) in [5, 5.41) is 5.57. The highest BCUT2D eigenvalue weighted by Crippen LogP contribution is 2.27. The van der Waals surface area contributed by atoms with Gasteiger partial charge in [-0.3, -0.25) is 9.59 Å². The lowest BCUT2D eigenvalue weighted by Gasteiger charge is -2.10. The quantitative estimate of drug-likeness (QED) is 0.743. The predicted octanol–water partition coefficient (Wildman–Crippen LogP) is 2.21. The van der Waals surface area contributed by atoms with Gasteiger partial charge in [-0.05, 0) is 50.1 Å². The molecule has 7 heteroatoms. The second-order valence-corrected chi connectivity index (χ2v) is 6.23. The molecule has 27 heavy (non-hydrogen) atoms. The van der Waals surface area contributed by atoms with E-state index in [-0.39, 0.29) is 29.2 Å². The summed E-state index contributed by atoms with van der Waals surface area (Å²) in [6, 6.07) is 10.4. The summed E-state index contributed by atoms with van der Waals surface area (Å²) in [4.78, 5) is 28.5. The molecule has 2 N–H and O–H groups in total. The topological polar surface area (TPSA) is 89.5 Å². The van der Waals surface area contributed by atoms with Crippen LogP contribution in [0.2, 0.25) is 0 Å². The van der Waals surface area contributed by atoms with E-state index in [1.165, 1.54) is 0 Å². The van der Waals surface area contributed by atoms with E-state index in [0.717, 1.165) is 5.56 Å². The molecule has 0 aliphatic carbocycles. The average molecular weight is 371 g/mol. The van der Waals surface area contributed by atoms with Crippen LogP contribution in [-0.2, 0) is 6.42 Å². The molecule has 0 radical (unpaired) electrons. The molecule has 0 bridgehead atoms. The number of carbonyl (C=O) groups is 2. The lowest BCUT2D eigenvalue weighted by molar-refractivity contribution is 0.0936. The van der Waals surface area contributed by atoms with Crippen LogP contribution in [0.5, 0.6) is 11.5 Å². The predicted molar refractivity (Wildman–Crippen MR) is 102 cm³/mol. The molecule has 0 saturated heterocycles. The number of methoxy groups -OCH3 is 2. The van der Waals surface area contributed by atoms with Gasteiger partial charge in [0.15, 0.2) is 11.5 Å². The van der Waals surface area contributed by atoms with Gasteiger partial charge in [0.25, 0.3) is 11.8 Å². The molecule has 1 aromatic heterocycles. The third-order valence-electron chi connectivity index (χ3n) is 3.78. The Bertz CT molecular complexity index is 806. The Hall–Kier alpha value is -3.09. The zero-order valence-electron chi connectivity index (χ0n) is 16.0. The minimum Gasteiger partial charge on any atom is -0.493 e. The fourth-order valence-electron chi connectivity index (χ4n) is 2.47. The van der Waals surface area contributed by atoms with Gasteiger partial charge in [0.1, 0.15) is 11.4 Å². The number of nitrogens with one attached hydrogen (secondary N) is 2. The molecule has 2 aromatic rings. The third-order valence-corrected chi connectivity index (χ3v) is 3.78. The van der Waals surface area contributed by atoms with Crippen molar-refractivity contribution >= 4 is 11.8 Å². The van der Waals surface area contributed by atoms with Crippen molar-refractivity contribution in [3.05, 3.63) is 53.3 Å². The molecule has 0 spiro atoms. The fraction of sp³-hybridized carbons (Fsp3) is 0.350. The van der Waals surface area contributed by atoms with Crippen LogP contribution in [0.3, 0.4) is 0 Å². The smallest absolute Gasteiger partial charge is 0.270 e. The van der Waals surface area contributed by atoms with Crippen LogP contribution in [0.1, 0.15) is 40.4 Å². The molecule has 0 aliphatic rings. The summed E-state index contributed by atoms with van der Waals surface area (Å²) in [6.45, 7) is 4.16. The molecular formula is C20H25N3O4. The Morgan fingerprint density at radius 3 is 2.30 bits per heavy atom. The standard InChI is InChI=1S/C20H25N3O4/c1-13(2)22-20(25)16-7-5-6-15(23-16)19(24)21-11-10-14-8-9-17(26-3)18(12-14)27-4/h5-9,12-13H,10-11H2,1-4H3,(H,21,24)(H,22,25). The lowest BCUT2D eigenvalue weighted by Crippen LogP contribution is -2.32. The average Bonchev–Trinajstić information content (AvgIpc) is 2.67. The summed E-state index contributed by atoms with van der Waals surface area (Å²) >= 11 is 0. The monoisotopic (exact) mass is 371 g/mol. The van der Waals surface area contributed by atoms with E-state index >= 15 is 0 Å². The Kier molecular flexibility index (Phi) is 7.16. The molecule has 2 rings (SSSR count). The minimum absolute atomic E-state index is 0.00160. The van der Waals surface area contributed by atoms with Gasteiger partial charge in [0, 0.05) is 12.6 Å². The molecule has 0 unspecified atom stereocenters. The number of rotatable bonds is 8. The van der Waals surface area contributed by atoms with Gasteiger partial charge in [-0.2, -0.15) is 0 Å². The van der Waals surface area contributed by atoms with Crippen LogP contribution in [0, 0.1) is 0 Å². The maximum absolute atomic E-state index is 12.3. The van der Waals surface area contributed by atoms with Crippen molar-refractivity contribution in [1.29, 1.82) is 0 Å². The summed E-state index contributed by atoms with van der Waals surface area (Å²) in [5.41, 5.74) is 1.43. The Morgan fingerprint density at radius 2 is 1.67 bits per heavy atom.